The molecule has 28 heavy (non-hydrogen) atoms. The predicted octanol–water partition coefficient (Wildman–Crippen LogP) is 1.87. The summed E-state index contributed by atoms with van der Waals surface area (Å²) < 4.78 is 26.4. The van der Waals surface area contributed by atoms with E-state index in [4.69, 9.17) is 11.6 Å². The summed E-state index contributed by atoms with van der Waals surface area (Å²) in [5.74, 6) is 0.564. The topological polar surface area (TPSA) is 78.0 Å². The minimum atomic E-state index is -3.81. The average Bonchev–Trinajstić information content (AvgIpc) is 3.18. The van der Waals surface area contributed by atoms with Gasteiger partial charge in [0.25, 0.3) is 0 Å². The fraction of sp³-hybridized carbons (Fsp3) is 0.556. The Balaban J connectivity index is 1.67. The van der Waals surface area contributed by atoms with Crippen LogP contribution in [0.4, 0.5) is 0 Å². The number of carbonyl (C=O) groups excluding carboxylic acids is 2. The van der Waals surface area contributed by atoms with Crippen molar-refractivity contribution >= 4 is 45.2 Å². The number of likely N-dealkylation sites (N-methyl/N-ethyl adjacent to an activating group) is 1. The zero-order chi connectivity index (χ0) is 20.3. The molecular weight excluding hydrogens is 422 g/mol. The van der Waals surface area contributed by atoms with Crippen LogP contribution in [-0.2, 0) is 19.6 Å². The van der Waals surface area contributed by atoms with E-state index in [1.165, 1.54) is 48.0 Å². The molecular formula is C18H24ClN3O4S2. The number of amides is 2. The minimum Gasteiger partial charge on any atom is -0.341 e. The van der Waals surface area contributed by atoms with Crippen LogP contribution in [0.1, 0.15) is 19.3 Å². The lowest BCUT2D eigenvalue weighted by molar-refractivity contribution is -0.143. The molecule has 3 rings (SSSR count). The number of hydrogen-bond acceptors (Lipinski definition) is 5. The van der Waals surface area contributed by atoms with Crippen molar-refractivity contribution in [3.8, 4) is 0 Å². The van der Waals surface area contributed by atoms with Crippen LogP contribution < -0.4 is 0 Å². The quantitative estimate of drug-likeness (QED) is 0.691. The Morgan fingerprint density at radius 1 is 1.18 bits per heavy atom. The first-order valence-electron chi connectivity index (χ1n) is 9.18. The van der Waals surface area contributed by atoms with Crippen LogP contribution >= 0.6 is 23.4 Å². The number of likely N-dealkylation sites (tertiary alicyclic amines) is 1. The highest BCUT2D eigenvalue weighted by Gasteiger charge is 2.38. The van der Waals surface area contributed by atoms with Crippen molar-refractivity contribution in [3.63, 3.8) is 0 Å². The van der Waals surface area contributed by atoms with Crippen molar-refractivity contribution in [2.24, 2.45) is 0 Å². The second kappa shape index (κ2) is 9.02. The Morgan fingerprint density at radius 2 is 1.82 bits per heavy atom. The van der Waals surface area contributed by atoms with E-state index in [-0.39, 0.29) is 23.3 Å². The van der Waals surface area contributed by atoms with Gasteiger partial charge in [0.05, 0.1) is 17.3 Å². The zero-order valence-electron chi connectivity index (χ0n) is 15.7. The van der Waals surface area contributed by atoms with Gasteiger partial charge in [0, 0.05) is 30.9 Å². The van der Waals surface area contributed by atoms with Gasteiger partial charge in [-0.3, -0.25) is 9.59 Å². The maximum atomic E-state index is 12.8. The summed E-state index contributed by atoms with van der Waals surface area (Å²) in [6, 6.07) is 5.30. The van der Waals surface area contributed by atoms with E-state index in [2.05, 4.69) is 0 Å². The fourth-order valence-corrected chi connectivity index (χ4v) is 5.79. The molecule has 1 aromatic rings. The van der Waals surface area contributed by atoms with Crippen molar-refractivity contribution in [3.05, 3.63) is 29.3 Å². The summed E-state index contributed by atoms with van der Waals surface area (Å²) in [5.41, 5.74) is 0. The van der Waals surface area contributed by atoms with Gasteiger partial charge < -0.3 is 9.80 Å². The molecule has 0 aliphatic carbocycles. The molecule has 2 fully saturated rings. The molecule has 7 nitrogen and oxygen atoms in total. The molecule has 0 N–H and O–H groups in total. The van der Waals surface area contributed by atoms with Crippen LogP contribution in [0.2, 0.25) is 5.02 Å². The molecule has 0 saturated carbocycles. The number of carbonyl (C=O) groups is 2. The first-order chi connectivity index (χ1) is 13.3. The van der Waals surface area contributed by atoms with Gasteiger partial charge in [-0.2, -0.15) is 4.31 Å². The largest absolute Gasteiger partial charge is 0.341 e. The van der Waals surface area contributed by atoms with E-state index in [0.717, 1.165) is 36.7 Å². The Morgan fingerprint density at radius 3 is 2.46 bits per heavy atom. The number of sulfonamides is 1. The number of halogens is 1. The van der Waals surface area contributed by atoms with Crippen LogP contribution in [0.5, 0.6) is 0 Å². The summed E-state index contributed by atoms with van der Waals surface area (Å²) in [6.45, 7) is 1.15. The molecule has 2 saturated heterocycles. The highest BCUT2D eigenvalue weighted by atomic mass is 35.5. The smallest absolute Gasteiger partial charge is 0.246 e. The highest BCUT2D eigenvalue weighted by molar-refractivity contribution is 7.99. The molecule has 2 heterocycles. The summed E-state index contributed by atoms with van der Waals surface area (Å²) >= 11 is 7.33. The summed E-state index contributed by atoms with van der Waals surface area (Å²) in [6.07, 6.45) is 3.10. The Bertz CT molecular complexity index is 826. The highest BCUT2D eigenvalue weighted by Crippen LogP contribution is 2.25. The van der Waals surface area contributed by atoms with Gasteiger partial charge in [-0.15, -0.1) is 11.8 Å². The van der Waals surface area contributed by atoms with E-state index in [0.29, 0.717) is 16.7 Å². The van der Waals surface area contributed by atoms with Crippen LogP contribution in [0.3, 0.4) is 0 Å². The van der Waals surface area contributed by atoms with Crippen LogP contribution in [0, 0.1) is 0 Å². The maximum absolute atomic E-state index is 12.8. The van der Waals surface area contributed by atoms with Gasteiger partial charge in [0.1, 0.15) is 6.04 Å². The third-order valence-electron chi connectivity index (χ3n) is 5.04. The normalized spacial score (nSPS) is 20.6. The number of thioether (sulfide) groups is 1. The monoisotopic (exact) mass is 445 g/mol. The lowest BCUT2D eigenvalue weighted by Gasteiger charge is -2.32. The molecule has 0 spiro atoms. The van der Waals surface area contributed by atoms with E-state index >= 15 is 0 Å². The molecule has 0 aromatic heterocycles. The molecule has 1 atom stereocenters. The first kappa shape index (κ1) is 21.4. The Hall–Kier alpha value is -1.29. The van der Waals surface area contributed by atoms with Gasteiger partial charge >= 0.3 is 0 Å². The number of nitrogens with zero attached hydrogens (tertiary/aromatic N) is 3. The zero-order valence-corrected chi connectivity index (χ0v) is 18.1. The van der Waals surface area contributed by atoms with E-state index in [1.54, 1.807) is 0 Å². The molecule has 0 unspecified atom stereocenters. The van der Waals surface area contributed by atoms with Crippen molar-refractivity contribution in [2.45, 2.75) is 30.2 Å². The van der Waals surface area contributed by atoms with Gasteiger partial charge in [-0.05, 0) is 43.5 Å². The maximum Gasteiger partial charge on any atom is 0.246 e. The first-order valence-corrected chi connectivity index (χ1v) is 12.2. The van der Waals surface area contributed by atoms with Gasteiger partial charge in [0.15, 0.2) is 0 Å². The molecule has 154 valence electrons. The third kappa shape index (κ3) is 4.64. The fourth-order valence-electron chi connectivity index (χ4n) is 3.37. The standard InChI is InChI=1S/C18H24ClN3O4S2/c1-20(28(25,26)15-7-5-14(19)6-8-15)11-17(23)22-13-27-12-16(22)18(24)21-9-3-2-4-10-21/h5-8,16H,2-4,9-13H2,1H3/t16-/m0/s1. The van der Waals surface area contributed by atoms with Crippen LogP contribution in [0.25, 0.3) is 0 Å². The molecule has 10 heteroatoms. The van der Waals surface area contributed by atoms with E-state index in [1.807, 2.05) is 4.90 Å². The second-order valence-corrected chi connectivity index (χ2v) is 10.5. The average molecular weight is 446 g/mol. The number of hydrogen-bond donors (Lipinski definition) is 0. The lowest BCUT2D eigenvalue weighted by Crippen LogP contribution is -2.52. The van der Waals surface area contributed by atoms with Crippen molar-refractivity contribution in [1.29, 1.82) is 0 Å². The van der Waals surface area contributed by atoms with Crippen LogP contribution in [-0.4, -0.2) is 78.7 Å². The van der Waals surface area contributed by atoms with Crippen molar-refractivity contribution in [1.82, 2.24) is 14.1 Å². The number of rotatable bonds is 5. The van der Waals surface area contributed by atoms with E-state index in [9.17, 15) is 18.0 Å². The number of benzene rings is 1. The molecule has 2 amide bonds. The molecule has 2 aliphatic rings. The molecule has 1 aromatic carbocycles. The molecule has 0 radical (unpaired) electrons. The molecule has 2 aliphatic heterocycles. The lowest BCUT2D eigenvalue weighted by atomic mass is 10.1. The van der Waals surface area contributed by atoms with E-state index < -0.39 is 16.1 Å². The predicted molar refractivity (Wildman–Crippen MR) is 110 cm³/mol. The number of piperidine rings is 1. The summed E-state index contributed by atoms with van der Waals surface area (Å²) in [7, 11) is -2.45. The second-order valence-electron chi connectivity index (χ2n) is 6.98. The Labute approximate surface area is 175 Å². The summed E-state index contributed by atoms with van der Waals surface area (Å²) in [4.78, 5) is 29.0. The van der Waals surface area contributed by atoms with Crippen molar-refractivity contribution < 1.29 is 18.0 Å². The minimum absolute atomic E-state index is 0.0266. The third-order valence-corrected chi connectivity index (χ3v) is 8.12. The van der Waals surface area contributed by atoms with Gasteiger partial charge in [-0.25, -0.2) is 8.42 Å². The SMILES string of the molecule is CN(CC(=O)N1CSC[C@H]1C(=O)N1CCCCC1)S(=O)(=O)c1ccc(Cl)cc1. The summed E-state index contributed by atoms with van der Waals surface area (Å²) in [5, 5.41) is 0.436. The van der Waals surface area contributed by atoms with Gasteiger partial charge in [-0.1, -0.05) is 11.6 Å². The van der Waals surface area contributed by atoms with Crippen molar-refractivity contribution in [2.75, 3.05) is 38.3 Å². The Kier molecular flexibility index (Phi) is 6.90. The molecule has 0 bridgehead atoms. The van der Waals surface area contributed by atoms with Gasteiger partial charge in [0.2, 0.25) is 21.8 Å². The van der Waals surface area contributed by atoms with Crippen LogP contribution in [0.15, 0.2) is 29.2 Å².